The molecule has 0 atom stereocenters. The largest absolute Gasteiger partial charge is 0.367 e. The number of benzene rings is 2. The van der Waals surface area contributed by atoms with Crippen molar-refractivity contribution in [3.05, 3.63) is 98.6 Å². The number of nitrogens with one attached hydrogen (secondary N) is 4. The lowest BCUT2D eigenvalue weighted by atomic mass is 9.99. The average Bonchev–Trinajstić information content (AvgIpc) is 3.52. The van der Waals surface area contributed by atoms with Crippen molar-refractivity contribution in [3.63, 3.8) is 0 Å². The highest BCUT2D eigenvalue weighted by atomic mass is 32.1. The number of thiophene rings is 1. The minimum absolute atomic E-state index is 0.0986. The molecule has 1 saturated heterocycles. The van der Waals surface area contributed by atoms with E-state index in [4.69, 9.17) is 0 Å². The van der Waals surface area contributed by atoms with Gasteiger partial charge < -0.3 is 30.7 Å². The van der Waals surface area contributed by atoms with Crippen LogP contribution >= 0.6 is 11.3 Å². The zero-order valence-electron chi connectivity index (χ0n) is 26.4. The molecule has 10 heteroatoms. The molecule has 2 aliphatic rings. The number of hydrogen-bond acceptors (Lipinski definition) is 7. The fraction of sp³-hybridized carbons (Fsp3) is 0.306. The van der Waals surface area contributed by atoms with Gasteiger partial charge in [0.25, 0.3) is 11.5 Å². The first-order valence-corrected chi connectivity index (χ1v) is 16.7. The number of rotatable bonds is 9. The van der Waals surface area contributed by atoms with Crippen molar-refractivity contribution >= 4 is 51.6 Å². The van der Waals surface area contributed by atoms with E-state index in [2.05, 4.69) is 44.2 Å². The van der Waals surface area contributed by atoms with Crippen LogP contribution in [-0.4, -0.2) is 54.4 Å². The quantitative estimate of drug-likeness (QED) is 0.155. The van der Waals surface area contributed by atoms with Crippen molar-refractivity contribution in [2.24, 2.45) is 0 Å². The van der Waals surface area contributed by atoms with E-state index in [0.717, 1.165) is 78.5 Å². The van der Waals surface area contributed by atoms with Gasteiger partial charge in [0.15, 0.2) is 0 Å². The Kier molecular flexibility index (Phi) is 9.37. The van der Waals surface area contributed by atoms with Gasteiger partial charge in [0.2, 0.25) is 5.91 Å². The Balaban J connectivity index is 1.24. The van der Waals surface area contributed by atoms with Gasteiger partial charge in [-0.25, -0.2) is 0 Å². The highest BCUT2D eigenvalue weighted by molar-refractivity contribution is 7.14. The molecule has 46 heavy (non-hydrogen) atoms. The number of carbonyl (C=O) groups excluding carboxylic acids is 2. The molecule has 2 aromatic heterocycles. The van der Waals surface area contributed by atoms with Gasteiger partial charge in [0.05, 0.1) is 16.3 Å². The fourth-order valence-electron chi connectivity index (χ4n) is 6.24. The number of aryl methyl sites for hydroxylation is 2. The summed E-state index contributed by atoms with van der Waals surface area (Å²) in [4.78, 5) is 48.1. The van der Waals surface area contributed by atoms with Gasteiger partial charge in [-0.15, -0.1) is 11.3 Å². The highest BCUT2D eigenvalue weighted by Gasteiger charge is 2.21. The van der Waals surface area contributed by atoms with Gasteiger partial charge >= 0.3 is 0 Å². The summed E-state index contributed by atoms with van der Waals surface area (Å²) in [6, 6.07) is 15.4. The predicted octanol–water partition coefficient (Wildman–Crippen LogP) is 6.55. The molecular weight excluding hydrogens is 597 g/mol. The van der Waals surface area contributed by atoms with Crippen molar-refractivity contribution in [1.29, 1.82) is 0 Å². The molecule has 0 spiro atoms. The molecule has 2 aromatic carbocycles. The molecule has 1 fully saturated rings. The summed E-state index contributed by atoms with van der Waals surface area (Å²) < 4.78 is 0. The van der Waals surface area contributed by atoms with Gasteiger partial charge in [-0.2, -0.15) is 0 Å². The molecule has 4 N–H and O–H groups in total. The van der Waals surface area contributed by atoms with E-state index in [1.807, 2.05) is 49.4 Å². The Morgan fingerprint density at radius 3 is 2.54 bits per heavy atom. The van der Waals surface area contributed by atoms with Crippen molar-refractivity contribution < 1.29 is 9.59 Å². The van der Waals surface area contributed by atoms with Crippen molar-refractivity contribution in [1.82, 2.24) is 9.88 Å². The molecule has 0 radical (unpaired) electrons. The van der Waals surface area contributed by atoms with Crippen LogP contribution < -0.4 is 26.4 Å². The maximum Gasteiger partial charge on any atom is 0.271 e. The van der Waals surface area contributed by atoms with Crippen molar-refractivity contribution in [3.8, 4) is 11.1 Å². The van der Waals surface area contributed by atoms with E-state index in [0.29, 0.717) is 17.1 Å². The van der Waals surface area contributed by atoms with Crippen LogP contribution in [0, 0.1) is 6.92 Å². The summed E-state index contributed by atoms with van der Waals surface area (Å²) in [7, 11) is 0. The first-order valence-electron chi connectivity index (χ1n) is 15.9. The van der Waals surface area contributed by atoms with Crippen LogP contribution in [0.3, 0.4) is 0 Å². The Morgan fingerprint density at radius 1 is 0.978 bits per heavy atom. The van der Waals surface area contributed by atoms with Crippen molar-refractivity contribution in [2.45, 2.75) is 39.5 Å². The zero-order valence-corrected chi connectivity index (χ0v) is 27.2. The smallest absolute Gasteiger partial charge is 0.271 e. The standard InChI is InChI=1S/C36H40N6O3S/c1-4-34(43)39-29-21-26(13-14-31(29)42-17-15-41(5-2)16-18-42)38-30-19-25(22-37-35(30)44)27-10-8-11-28(23(27)3)40-36(45)33-20-24-9-6-7-12-32(24)46-33/h4,8,10-11,13-14,19-22,38H,1,5-7,9,12,15-18H2,2-3H3,(H,37,44)(H,39,43)(H,40,45). The van der Waals surface area contributed by atoms with E-state index in [9.17, 15) is 14.4 Å². The van der Waals surface area contributed by atoms with E-state index in [-0.39, 0.29) is 17.4 Å². The lowest BCUT2D eigenvalue weighted by Crippen LogP contribution is -2.46. The average molecular weight is 637 g/mol. The number of aromatic amines is 1. The Bertz CT molecular complexity index is 1810. The number of anilines is 5. The number of amides is 2. The third-order valence-corrected chi connectivity index (χ3v) is 10.1. The molecule has 9 nitrogen and oxygen atoms in total. The van der Waals surface area contributed by atoms with E-state index in [1.54, 1.807) is 23.6 Å². The molecule has 0 bridgehead atoms. The molecular formula is C36H40N6O3S. The summed E-state index contributed by atoms with van der Waals surface area (Å²) in [5.74, 6) is -0.398. The van der Waals surface area contributed by atoms with Crippen molar-refractivity contribution in [2.75, 3.05) is 53.6 Å². The summed E-state index contributed by atoms with van der Waals surface area (Å²) >= 11 is 1.60. The molecule has 238 valence electrons. The van der Waals surface area contributed by atoms with Crippen LogP contribution in [-0.2, 0) is 17.6 Å². The Labute approximate surface area is 273 Å². The van der Waals surface area contributed by atoms with Gasteiger partial charge in [-0.05, 0) is 98.3 Å². The lowest BCUT2D eigenvalue weighted by molar-refractivity contribution is -0.111. The maximum absolute atomic E-state index is 13.2. The van der Waals surface area contributed by atoms with Crippen LogP contribution in [0.5, 0.6) is 0 Å². The first kappa shape index (κ1) is 31.3. The third-order valence-electron chi connectivity index (χ3n) is 8.90. The highest BCUT2D eigenvalue weighted by Crippen LogP contribution is 2.34. The number of piperazine rings is 1. The Morgan fingerprint density at radius 2 is 1.78 bits per heavy atom. The second-order valence-corrected chi connectivity index (χ2v) is 12.9. The predicted molar refractivity (Wildman–Crippen MR) is 189 cm³/mol. The molecule has 0 saturated carbocycles. The molecule has 1 aliphatic carbocycles. The number of carbonyl (C=O) groups is 2. The third kappa shape index (κ3) is 6.78. The fourth-order valence-corrected chi connectivity index (χ4v) is 7.39. The minimum atomic E-state index is -0.299. The number of likely N-dealkylation sites (N-methyl/N-ethyl adjacent to an activating group) is 1. The van der Waals surface area contributed by atoms with Crippen LogP contribution in [0.1, 0.15) is 45.4 Å². The summed E-state index contributed by atoms with van der Waals surface area (Å²) in [5.41, 5.74) is 6.95. The topological polar surface area (TPSA) is 110 Å². The van der Waals surface area contributed by atoms with Crippen LogP contribution in [0.4, 0.5) is 28.4 Å². The number of aromatic nitrogens is 1. The molecule has 1 aliphatic heterocycles. The van der Waals surface area contributed by atoms with Crippen LogP contribution in [0.25, 0.3) is 11.1 Å². The van der Waals surface area contributed by atoms with E-state index < -0.39 is 0 Å². The van der Waals surface area contributed by atoms with Gasteiger partial charge in [0, 0.05) is 54.2 Å². The number of nitrogens with zero attached hydrogens (tertiary/aromatic N) is 2. The monoisotopic (exact) mass is 636 g/mol. The molecule has 6 rings (SSSR count). The van der Waals surface area contributed by atoms with Gasteiger partial charge in [0.1, 0.15) is 5.69 Å². The second-order valence-electron chi connectivity index (χ2n) is 11.8. The normalized spacial score (nSPS) is 14.8. The first-order chi connectivity index (χ1) is 22.3. The van der Waals surface area contributed by atoms with E-state index >= 15 is 0 Å². The number of pyridine rings is 1. The zero-order chi connectivity index (χ0) is 32.2. The maximum atomic E-state index is 13.2. The van der Waals surface area contributed by atoms with Crippen LogP contribution in [0.15, 0.2) is 72.2 Å². The number of fused-ring (bicyclic) bond motifs is 1. The van der Waals surface area contributed by atoms with E-state index in [1.165, 1.54) is 29.4 Å². The van der Waals surface area contributed by atoms with Crippen LogP contribution in [0.2, 0.25) is 0 Å². The Hall–Kier alpha value is -4.67. The summed E-state index contributed by atoms with van der Waals surface area (Å²) in [5, 5.41) is 9.31. The molecule has 4 aromatic rings. The number of hydrogen-bond donors (Lipinski definition) is 4. The summed E-state index contributed by atoms with van der Waals surface area (Å²) in [6.07, 6.45) is 7.39. The lowest BCUT2D eigenvalue weighted by Gasteiger charge is -2.36. The van der Waals surface area contributed by atoms with Gasteiger partial charge in [-0.3, -0.25) is 14.4 Å². The summed E-state index contributed by atoms with van der Waals surface area (Å²) in [6.45, 7) is 12.4. The van der Waals surface area contributed by atoms with Gasteiger partial charge in [-0.1, -0.05) is 25.6 Å². The number of H-pyrrole nitrogens is 1. The molecule has 0 unspecified atom stereocenters. The SMILES string of the molecule is C=CC(=O)Nc1cc(Nc2cc(-c3cccc(NC(=O)c4cc5c(s4)CCCC5)c3C)c[nH]c2=O)ccc1N1CCN(CC)CC1. The minimum Gasteiger partial charge on any atom is -0.367 e. The molecule has 3 heterocycles. The second kappa shape index (κ2) is 13.8. The molecule has 2 amide bonds.